The van der Waals surface area contributed by atoms with E-state index in [9.17, 15) is 0 Å². The lowest BCUT2D eigenvalue weighted by molar-refractivity contribution is 0.383. The van der Waals surface area contributed by atoms with Crippen LogP contribution < -0.4 is 16.0 Å². The molecule has 2 aromatic heterocycles. The standard InChI is InChI=1S/C9H11N5OS/c1-15-9-8(12-2-3-13-9)7(14-10)6-4-11-5-16-6/h2-5,7,14H,10H2,1H3. The number of hydrogen-bond donors (Lipinski definition) is 2. The highest BCUT2D eigenvalue weighted by molar-refractivity contribution is 7.09. The summed E-state index contributed by atoms with van der Waals surface area (Å²) in [5, 5.41) is 0. The topological polar surface area (TPSA) is 86.0 Å². The van der Waals surface area contributed by atoms with Crippen LogP contribution in [-0.2, 0) is 0 Å². The van der Waals surface area contributed by atoms with Crippen molar-refractivity contribution in [2.24, 2.45) is 5.84 Å². The van der Waals surface area contributed by atoms with Crippen molar-refractivity contribution in [3.8, 4) is 5.88 Å². The minimum absolute atomic E-state index is 0.254. The number of ether oxygens (including phenoxy) is 1. The van der Waals surface area contributed by atoms with Crippen molar-refractivity contribution in [1.82, 2.24) is 20.4 Å². The molecule has 0 spiro atoms. The van der Waals surface area contributed by atoms with E-state index in [1.54, 1.807) is 31.2 Å². The van der Waals surface area contributed by atoms with E-state index in [0.717, 1.165) is 4.88 Å². The summed E-state index contributed by atoms with van der Waals surface area (Å²) in [4.78, 5) is 13.3. The molecule has 7 heteroatoms. The lowest BCUT2D eigenvalue weighted by Gasteiger charge is -2.14. The van der Waals surface area contributed by atoms with Crippen LogP contribution in [0.4, 0.5) is 0 Å². The number of nitrogens with one attached hydrogen (secondary N) is 1. The van der Waals surface area contributed by atoms with Crippen LogP contribution in [0.15, 0.2) is 24.1 Å². The number of hydrogen-bond acceptors (Lipinski definition) is 7. The van der Waals surface area contributed by atoms with Crippen molar-refractivity contribution in [3.05, 3.63) is 34.7 Å². The molecule has 6 nitrogen and oxygen atoms in total. The van der Waals surface area contributed by atoms with Crippen LogP contribution >= 0.6 is 11.3 Å². The van der Waals surface area contributed by atoms with E-state index in [1.165, 1.54) is 11.3 Å². The minimum Gasteiger partial charge on any atom is -0.480 e. The smallest absolute Gasteiger partial charge is 0.237 e. The fourth-order valence-electron chi connectivity index (χ4n) is 1.36. The van der Waals surface area contributed by atoms with Crippen LogP contribution in [-0.4, -0.2) is 22.1 Å². The number of aromatic nitrogens is 3. The Kier molecular flexibility index (Phi) is 3.40. The highest BCUT2D eigenvalue weighted by Crippen LogP contribution is 2.27. The van der Waals surface area contributed by atoms with E-state index >= 15 is 0 Å². The second-order valence-electron chi connectivity index (χ2n) is 2.95. The van der Waals surface area contributed by atoms with Gasteiger partial charge >= 0.3 is 0 Å². The molecule has 0 saturated heterocycles. The number of hydrazine groups is 1. The highest BCUT2D eigenvalue weighted by Gasteiger charge is 2.20. The quantitative estimate of drug-likeness (QED) is 0.594. The first-order valence-electron chi connectivity index (χ1n) is 4.56. The molecule has 0 saturated carbocycles. The Morgan fingerprint density at radius 1 is 1.44 bits per heavy atom. The SMILES string of the molecule is COc1nccnc1C(NN)c1cncs1. The Labute approximate surface area is 96.5 Å². The van der Waals surface area contributed by atoms with Gasteiger partial charge in [-0.15, -0.1) is 11.3 Å². The van der Waals surface area contributed by atoms with E-state index in [4.69, 9.17) is 10.6 Å². The maximum atomic E-state index is 5.53. The minimum atomic E-state index is -0.254. The summed E-state index contributed by atoms with van der Waals surface area (Å²) < 4.78 is 5.14. The van der Waals surface area contributed by atoms with Gasteiger partial charge in [0.25, 0.3) is 0 Å². The Morgan fingerprint density at radius 2 is 2.25 bits per heavy atom. The molecular weight excluding hydrogens is 226 g/mol. The first-order valence-corrected chi connectivity index (χ1v) is 5.44. The average molecular weight is 237 g/mol. The Balaban J connectivity index is 2.41. The number of nitrogens with zero attached hydrogens (tertiary/aromatic N) is 3. The molecule has 84 valence electrons. The summed E-state index contributed by atoms with van der Waals surface area (Å²) in [6.07, 6.45) is 4.91. The van der Waals surface area contributed by atoms with E-state index in [1.807, 2.05) is 0 Å². The molecule has 0 radical (unpaired) electrons. The van der Waals surface area contributed by atoms with Gasteiger partial charge in [-0.3, -0.25) is 15.8 Å². The van der Waals surface area contributed by atoms with Gasteiger partial charge in [0.2, 0.25) is 5.88 Å². The summed E-state index contributed by atoms with van der Waals surface area (Å²) in [6, 6.07) is -0.254. The Hall–Kier alpha value is -1.57. The Morgan fingerprint density at radius 3 is 2.88 bits per heavy atom. The molecule has 2 aromatic rings. The molecule has 0 aliphatic rings. The van der Waals surface area contributed by atoms with Gasteiger partial charge in [-0.1, -0.05) is 0 Å². The highest BCUT2D eigenvalue weighted by atomic mass is 32.1. The summed E-state index contributed by atoms with van der Waals surface area (Å²) in [6.45, 7) is 0. The molecule has 0 aliphatic carbocycles. The molecular formula is C9H11N5OS. The zero-order valence-corrected chi connectivity index (χ0v) is 9.44. The fraction of sp³-hybridized carbons (Fsp3) is 0.222. The molecule has 2 rings (SSSR count). The zero-order valence-electron chi connectivity index (χ0n) is 8.62. The van der Waals surface area contributed by atoms with Gasteiger partial charge in [0.15, 0.2) is 0 Å². The predicted molar refractivity (Wildman–Crippen MR) is 59.9 cm³/mol. The summed E-state index contributed by atoms with van der Waals surface area (Å²) >= 11 is 1.49. The van der Waals surface area contributed by atoms with Crippen molar-refractivity contribution in [2.45, 2.75) is 6.04 Å². The third-order valence-corrected chi connectivity index (χ3v) is 2.90. The van der Waals surface area contributed by atoms with E-state index in [2.05, 4.69) is 20.4 Å². The van der Waals surface area contributed by atoms with Crippen molar-refractivity contribution >= 4 is 11.3 Å². The maximum absolute atomic E-state index is 5.53. The van der Waals surface area contributed by atoms with Crippen LogP contribution in [0.1, 0.15) is 16.6 Å². The third kappa shape index (κ3) is 2.01. The molecule has 0 fully saturated rings. The number of nitrogens with two attached hydrogens (primary N) is 1. The number of methoxy groups -OCH3 is 1. The van der Waals surface area contributed by atoms with Gasteiger partial charge < -0.3 is 4.74 Å². The van der Waals surface area contributed by atoms with Crippen molar-refractivity contribution in [1.29, 1.82) is 0 Å². The van der Waals surface area contributed by atoms with Crippen LogP contribution in [0, 0.1) is 0 Å². The summed E-state index contributed by atoms with van der Waals surface area (Å²) in [7, 11) is 1.55. The maximum Gasteiger partial charge on any atom is 0.237 e. The average Bonchev–Trinajstić information content (AvgIpc) is 2.84. The van der Waals surface area contributed by atoms with Crippen LogP contribution in [0.3, 0.4) is 0 Å². The lowest BCUT2D eigenvalue weighted by atomic mass is 10.2. The zero-order chi connectivity index (χ0) is 11.4. The summed E-state index contributed by atoms with van der Waals surface area (Å²) in [5.74, 6) is 5.98. The molecule has 16 heavy (non-hydrogen) atoms. The van der Waals surface area contributed by atoms with Gasteiger partial charge in [0, 0.05) is 23.5 Å². The second kappa shape index (κ2) is 4.97. The first-order chi connectivity index (χ1) is 7.86. The van der Waals surface area contributed by atoms with Gasteiger partial charge in [0.05, 0.1) is 12.6 Å². The molecule has 2 heterocycles. The second-order valence-corrected chi connectivity index (χ2v) is 3.87. The van der Waals surface area contributed by atoms with Crippen molar-refractivity contribution in [3.63, 3.8) is 0 Å². The molecule has 0 aliphatic heterocycles. The molecule has 1 unspecified atom stereocenters. The van der Waals surface area contributed by atoms with Crippen LogP contribution in [0.25, 0.3) is 0 Å². The largest absolute Gasteiger partial charge is 0.480 e. The fourth-order valence-corrected chi connectivity index (χ4v) is 2.04. The lowest BCUT2D eigenvalue weighted by Crippen LogP contribution is -2.29. The van der Waals surface area contributed by atoms with Gasteiger partial charge in [-0.2, -0.15) is 0 Å². The van der Waals surface area contributed by atoms with Crippen molar-refractivity contribution in [2.75, 3.05) is 7.11 Å². The summed E-state index contributed by atoms with van der Waals surface area (Å²) in [5.41, 5.74) is 5.07. The van der Waals surface area contributed by atoms with Crippen LogP contribution in [0.5, 0.6) is 5.88 Å². The monoisotopic (exact) mass is 237 g/mol. The van der Waals surface area contributed by atoms with Gasteiger partial charge in [0.1, 0.15) is 11.7 Å². The molecule has 0 aromatic carbocycles. The van der Waals surface area contributed by atoms with Gasteiger partial charge in [-0.25, -0.2) is 10.4 Å². The first kappa shape index (κ1) is 10.9. The predicted octanol–water partition coefficient (Wildman–Crippen LogP) is 0.494. The molecule has 1 atom stereocenters. The van der Waals surface area contributed by atoms with E-state index in [0.29, 0.717) is 11.6 Å². The third-order valence-electron chi connectivity index (χ3n) is 2.06. The molecule has 0 bridgehead atoms. The Bertz CT molecular complexity index is 447. The number of thiazole rings is 1. The van der Waals surface area contributed by atoms with Crippen molar-refractivity contribution < 1.29 is 4.74 Å². The van der Waals surface area contributed by atoms with E-state index in [-0.39, 0.29) is 6.04 Å². The van der Waals surface area contributed by atoms with Crippen LogP contribution in [0.2, 0.25) is 0 Å². The molecule has 0 amide bonds. The number of rotatable bonds is 4. The normalized spacial score (nSPS) is 12.4. The molecule has 3 N–H and O–H groups in total. The van der Waals surface area contributed by atoms with E-state index < -0.39 is 0 Å². The van der Waals surface area contributed by atoms with Gasteiger partial charge in [-0.05, 0) is 0 Å².